The Kier molecular flexibility index (Phi) is 6.24. The van der Waals surface area contributed by atoms with Gasteiger partial charge in [0.2, 0.25) is 5.92 Å². The van der Waals surface area contributed by atoms with E-state index in [0.717, 1.165) is 18.7 Å². The van der Waals surface area contributed by atoms with Gasteiger partial charge in [0.15, 0.2) is 5.12 Å². The van der Waals surface area contributed by atoms with Crippen LogP contribution in [0.25, 0.3) is 0 Å². The SMILES string of the molecule is CC(=O)SCCC(F)CCC(C)(F)F. The number of alkyl halides is 3. The van der Waals surface area contributed by atoms with Crippen molar-refractivity contribution in [1.82, 2.24) is 0 Å². The molecule has 0 spiro atoms. The number of carbonyl (C=O) groups excluding carboxylic acids is 1. The summed E-state index contributed by atoms with van der Waals surface area (Å²) < 4.78 is 37.5. The molecule has 5 heteroatoms. The lowest BCUT2D eigenvalue weighted by molar-refractivity contribution is -0.109. The molecule has 0 heterocycles. The van der Waals surface area contributed by atoms with Gasteiger partial charge < -0.3 is 0 Å². The molecule has 0 aromatic heterocycles. The Balaban J connectivity index is 3.46. The number of thioether (sulfide) groups is 1. The molecule has 0 N–H and O–H groups in total. The van der Waals surface area contributed by atoms with E-state index < -0.39 is 18.5 Å². The maximum atomic E-state index is 12.9. The zero-order chi connectivity index (χ0) is 11.2. The fourth-order valence-corrected chi connectivity index (χ4v) is 1.55. The molecule has 0 amide bonds. The predicted molar refractivity (Wildman–Crippen MR) is 52.5 cm³/mol. The highest BCUT2D eigenvalue weighted by Gasteiger charge is 2.22. The molecule has 0 aromatic carbocycles. The second-order valence-corrected chi connectivity index (χ2v) is 4.61. The maximum Gasteiger partial charge on any atom is 0.245 e. The van der Waals surface area contributed by atoms with E-state index in [2.05, 4.69) is 0 Å². The molecule has 84 valence electrons. The van der Waals surface area contributed by atoms with E-state index in [1.807, 2.05) is 0 Å². The molecule has 0 bridgehead atoms. The zero-order valence-electron chi connectivity index (χ0n) is 8.36. The molecule has 0 radical (unpaired) electrons. The van der Waals surface area contributed by atoms with Gasteiger partial charge in [0.1, 0.15) is 6.17 Å². The van der Waals surface area contributed by atoms with Crippen LogP contribution < -0.4 is 0 Å². The van der Waals surface area contributed by atoms with Crippen LogP contribution in [-0.4, -0.2) is 23.0 Å². The minimum atomic E-state index is -2.79. The molecule has 0 aliphatic heterocycles. The van der Waals surface area contributed by atoms with E-state index in [1.165, 1.54) is 6.92 Å². The number of carbonyl (C=O) groups is 1. The molecule has 0 saturated heterocycles. The van der Waals surface area contributed by atoms with Crippen LogP contribution in [-0.2, 0) is 4.79 Å². The molecule has 0 rings (SSSR count). The van der Waals surface area contributed by atoms with Gasteiger partial charge in [-0.1, -0.05) is 11.8 Å². The van der Waals surface area contributed by atoms with Gasteiger partial charge in [-0.15, -0.1) is 0 Å². The first-order valence-electron chi connectivity index (χ1n) is 4.46. The minimum Gasteiger partial charge on any atom is -0.288 e. The van der Waals surface area contributed by atoms with Gasteiger partial charge in [-0.2, -0.15) is 0 Å². The van der Waals surface area contributed by atoms with Crippen molar-refractivity contribution in [3.8, 4) is 0 Å². The van der Waals surface area contributed by atoms with Crippen LogP contribution in [0.3, 0.4) is 0 Å². The van der Waals surface area contributed by atoms with Crippen LogP contribution in [0, 0.1) is 0 Å². The smallest absolute Gasteiger partial charge is 0.245 e. The van der Waals surface area contributed by atoms with Crippen molar-refractivity contribution in [1.29, 1.82) is 0 Å². The molecular formula is C9H15F3OS. The molecule has 0 aromatic rings. The van der Waals surface area contributed by atoms with Crippen molar-refractivity contribution >= 4 is 16.9 Å². The number of hydrogen-bond acceptors (Lipinski definition) is 2. The normalized spacial score (nSPS) is 14.1. The van der Waals surface area contributed by atoms with E-state index in [-0.39, 0.29) is 18.0 Å². The van der Waals surface area contributed by atoms with Gasteiger partial charge in [-0.05, 0) is 19.8 Å². The van der Waals surface area contributed by atoms with Gasteiger partial charge in [-0.25, -0.2) is 13.2 Å². The van der Waals surface area contributed by atoms with E-state index >= 15 is 0 Å². The van der Waals surface area contributed by atoms with Gasteiger partial charge in [-0.3, -0.25) is 4.79 Å². The Morgan fingerprint density at radius 3 is 2.43 bits per heavy atom. The summed E-state index contributed by atoms with van der Waals surface area (Å²) in [6, 6.07) is 0. The lowest BCUT2D eigenvalue weighted by Crippen LogP contribution is -2.13. The van der Waals surface area contributed by atoms with Crippen molar-refractivity contribution in [2.75, 3.05) is 5.75 Å². The summed E-state index contributed by atoms with van der Waals surface area (Å²) in [5.74, 6) is -2.43. The number of rotatable bonds is 6. The summed E-state index contributed by atoms with van der Waals surface area (Å²) in [6.45, 7) is 2.18. The maximum absolute atomic E-state index is 12.9. The molecular weight excluding hydrogens is 213 g/mol. The molecule has 0 aliphatic carbocycles. The quantitative estimate of drug-likeness (QED) is 0.692. The summed E-state index contributed by atoms with van der Waals surface area (Å²) in [7, 11) is 0. The van der Waals surface area contributed by atoms with Crippen LogP contribution in [0.1, 0.15) is 33.1 Å². The van der Waals surface area contributed by atoms with Crippen molar-refractivity contribution in [3.63, 3.8) is 0 Å². The van der Waals surface area contributed by atoms with Crippen LogP contribution in [0.2, 0.25) is 0 Å². The number of hydrogen-bond donors (Lipinski definition) is 0. The monoisotopic (exact) mass is 228 g/mol. The topological polar surface area (TPSA) is 17.1 Å². The molecule has 0 aliphatic rings. The molecule has 14 heavy (non-hydrogen) atoms. The Morgan fingerprint density at radius 1 is 1.43 bits per heavy atom. The summed E-state index contributed by atoms with van der Waals surface area (Å²) in [4.78, 5) is 10.5. The van der Waals surface area contributed by atoms with Crippen LogP contribution in [0.5, 0.6) is 0 Å². The van der Waals surface area contributed by atoms with Crippen LogP contribution in [0.15, 0.2) is 0 Å². The summed E-state index contributed by atoms with van der Waals surface area (Å²) >= 11 is 1.03. The summed E-state index contributed by atoms with van der Waals surface area (Å²) in [6.07, 6.45) is -1.63. The first-order chi connectivity index (χ1) is 6.31. The van der Waals surface area contributed by atoms with Crippen LogP contribution >= 0.6 is 11.8 Å². The third-order valence-corrected chi connectivity index (χ3v) is 2.48. The third kappa shape index (κ3) is 9.89. The largest absolute Gasteiger partial charge is 0.288 e. The highest BCUT2D eigenvalue weighted by Crippen LogP contribution is 2.22. The standard InChI is InChI=1S/C9H15F3OS/c1-7(13)14-6-4-8(10)3-5-9(2,11)12/h8H,3-6H2,1-2H3. The lowest BCUT2D eigenvalue weighted by Gasteiger charge is -2.12. The Hall–Kier alpha value is -0.190. The summed E-state index contributed by atoms with van der Waals surface area (Å²) in [5, 5.41) is -0.0713. The highest BCUT2D eigenvalue weighted by atomic mass is 32.2. The second-order valence-electron chi connectivity index (χ2n) is 3.33. The summed E-state index contributed by atoms with van der Waals surface area (Å²) in [5.41, 5.74) is 0. The van der Waals surface area contributed by atoms with Crippen molar-refractivity contribution in [3.05, 3.63) is 0 Å². The Bertz CT molecular complexity index is 179. The fraction of sp³-hybridized carbons (Fsp3) is 0.889. The van der Waals surface area contributed by atoms with Crippen LogP contribution in [0.4, 0.5) is 13.2 Å². The average Bonchev–Trinajstić information content (AvgIpc) is 1.99. The molecule has 1 unspecified atom stereocenters. The van der Waals surface area contributed by atoms with Crippen molar-refractivity contribution in [2.24, 2.45) is 0 Å². The first-order valence-corrected chi connectivity index (χ1v) is 5.45. The van der Waals surface area contributed by atoms with Crippen molar-refractivity contribution < 1.29 is 18.0 Å². The van der Waals surface area contributed by atoms with Gasteiger partial charge >= 0.3 is 0 Å². The minimum absolute atomic E-state index is 0.0713. The van der Waals surface area contributed by atoms with Gasteiger partial charge in [0, 0.05) is 19.1 Å². The number of halogens is 3. The lowest BCUT2D eigenvalue weighted by atomic mass is 10.1. The first kappa shape index (κ1) is 13.8. The Labute approximate surface area is 86.4 Å². The molecule has 0 saturated carbocycles. The molecule has 0 fully saturated rings. The van der Waals surface area contributed by atoms with Gasteiger partial charge in [0.05, 0.1) is 0 Å². The van der Waals surface area contributed by atoms with E-state index in [1.54, 1.807) is 0 Å². The van der Waals surface area contributed by atoms with E-state index in [4.69, 9.17) is 0 Å². The fourth-order valence-electron chi connectivity index (χ4n) is 0.885. The van der Waals surface area contributed by atoms with E-state index in [0.29, 0.717) is 5.75 Å². The predicted octanol–water partition coefficient (Wildman–Crippen LogP) is 3.43. The average molecular weight is 228 g/mol. The van der Waals surface area contributed by atoms with Gasteiger partial charge in [0.25, 0.3) is 0 Å². The third-order valence-electron chi connectivity index (χ3n) is 1.63. The van der Waals surface area contributed by atoms with Crippen molar-refractivity contribution in [2.45, 2.75) is 45.2 Å². The highest BCUT2D eigenvalue weighted by molar-refractivity contribution is 8.13. The molecule has 1 atom stereocenters. The zero-order valence-corrected chi connectivity index (χ0v) is 9.17. The molecule has 1 nitrogen and oxygen atoms in total. The Morgan fingerprint density at radius 2 is 2.00 bits per heavy atom. The second kappa shape index (κ2) is 6.32. The van der Waals surface area contributed by atoms with E-state index in [9.17, 15) is 18.0 Å².